The highest BCUT2D eigenvalue weighted by Gasteiger charge is 2.34. The summed E-state index contributed by atoms with van der Waals surface area (Å²) in [5.74, 6) is 0.567. The number of hydrogen-bond acceptors (Lipinski definition) is 2. The minimum absolute atomic E-state index is 0.0367. The molecule has 0 aromatic heterocycles. The van der Waals surface area contributed by atoms with Crippen molar-refractivity contribution in [2.75, 3.05) is 6.54 Å². The number of nitrogens with one attached hydrogen (secondary N) is 1. The monoisotopic (exact) mass is 293 g/mol. The van der Waals surface area contributed by atoms with Crippen LogP contribution < -0.4 is 5.32 Å². The quantitative estimate of drug-likeness (QED) is 0.790. The smallest absolute Gasteiger partial charge is 0.123 e. The van der Waals surface area contributed by atoms with Crippen LogP contribution >= 0.6 is 0 Å². The zero-order valence-electron chi connectivity index (χ0n) is 13.5. The fourth-order valence-corrected chi connectivity index (χ4v) is 3.80. The van der Waals surface area contributed by atoms with Gasteiger partial charge in [0.2, 0.25) is 0 Å². The lowest BCUT2D eigenvalue weighted by Gasteiger charge is -2.33. The molecule has 1 atom stereocenters. The normalized spacial score (nSPS) is 19.1. The molecule has 1 aromatic carbocycles. The molecule has 0 radical (unpaired) electrons. The van der Waals surface area contributed by atoms with Crippen LogP contribution in [-0.4, -0.2) is 11.7 Å². The molecule has 0 heterocycles. The molecule has 2 nitrogen and oxygen atoms in total. The summed E-state index contributed by atoms with van der Waals surface area (Å²) in [7, 11) is 0. The average Bonchev–Trinajstić information content (AvgIpc) is 2.87. The Morgan fingerprint density at radius 1 is 1.24 bits per heavy atom. The fourth-order valence-electron chi connectivity index (χ4n) is 3.80. The van der Waals surface area contributed by atoms with Gasteiger partial charge in [0.25, 0.3) is 0 Å². The molecular formula is C18H28FNO. The molecule has 1 saturated carbocycles. The Balaban J connectivity index is 2.01. The van der Waals surface area contributed by atoms with Crippen LogP contribution in [0.4, 0.5) is 4.39 Å². The summed E-state index contributed by atoms with van der Waals surface area (Å²) in [6, 6.07) is 4.12. The molecular weight excluding hydrogens is 265 g/mol. The second-order valence-electron chi connectivity index (χ2n) is 7.11. The number of hydrogen-bond donors (Lipinski definition) is 2. The maximum Gasteiger partial charge on any atom is 0.123 e. The summed E-state index contributed by atoms with van der Waals surface area (Å²) in [5, 5.41) is 13.4. The number of rotatable bonds is 6. The molecule has 1 unspecified atom stereocenters. The molecule has 21 heavy (non-hydrogen) atoms. The number of halogens is 1. The van der Waals surface area contributed by atoms with E-state index >= 15 is 0 Å². The lowest BCUT2D eigenvalue weighted by molar-refractivity contribution is 0.216. The Morgan fingerprint density at radius 2 is 1.90 bits per heavy atom. The molecule has 3 heteroatoms. The van der Waals surface area contributed by atoms with Crippen LogP contribution in [0.2, 0.25) is 0 Å². The van der Waals surface area contributed by atoms with E-state index in [4.69, 9.17) is 0 Å². The molecule has 1 aliphatic carbocycles. The molecule has 1 aliphatic rings. The van der Waals surface area contributed by atoms with Crippen LogP contribution in [0.3, 0.4) is 0 Å². The van der Waals surface area contributed by atoms with Crippen LogP contribution in [0.1, 0.15) is 64.5 Å². The summed E-state index contributed by atoms with van der Waals surface area (Å²) >= 11 is 0. The van der Waals surface area contributed by atoms with E-state index in [9.17, 15) is 9.50 Å². The average molecular weight is 293 g/mol. The Labute approximate surface area is 127 Å². The van der Waals surface area contributed by atoms with Crippen molar-refractivity contribution < 1.29 is 9.50 Å². The van der Waals surface area contributed by atoms with Gasteiger partial charge in [-0.05, 0) is 55.7 Å². The molecule has 0 bridgehead atoms. The second kappa shape index (κ2) is 6.78. The van der Waals surface area contributed by atoms with Gasteiger partial charge in [0.1, 0.15) is 11.6 Å². The highest BCUT2D eigenvalue weighted by atomic mass is 19.1. The molecule has 118 valence electrons. The Morgan fingerprint density at radius 3 is 2.52 bits per heavy atom. The van der Waals surface area contributed by atoms with Crippen molar-refractivity contribution in [3.05, 3.63) is 29.6 Å². The van der Waals surface area contributed by atoms with Crippen LogP contribution in [0.25, 0.3) is 0 Å². The maximum atomic E-state index is 13.4. The van der Waals surface area contributed by atoms with E-state index < -0.39 is 0 Å². The first-order chi connectivity index (χ1) is 9.92. The van der Waals surface area contributed by atoms with Gasteiger partial charge in [0, 0.05) is 18.2 Å². The van der Waals surface area contributed by atoms with Gasteiger partial charge in [-0.1, -0.05) is 26.7 Å². The minimum Gasteiger partial charge on any atom is -0.508 e. The van der Waals surface area contributed by atoms with Crippen molar-refractivity contribution in [3.63, 3.8) is 0 Å². The van der Waals surface area contributed by atoms with Crippen molar-refractivity contribution in [1.29, 1.82) is 0 Å². The molecule has 2 rings (SSSR count). The van der Waals surface area contributed by atoms with Crippen molar-refractivity contribution >= 4 is 0 Å². The highest BCUT2D eigenvalue weighted by Crippen LogP contribution is 2.43. The van der Waals surface area contributed by atoms with Gasteiger partial charge in [-0.25, -0.2) is 4.39 Å². The van der Waals surface area contributed by atoms with Crippen LogP contribution in [-0.2, 0) is 0 Å². The van der Waals surface area contributed by atoms with Gasteiger partial charge in [0.15, 0.2) is 0 Å². The maximum absolute atomic E-state index is 13.4. The topological polar surface area (TPSA) is 32.3 Å². The Bertz CT molecular complexity index is 466. The summed E-state index contributed by atoms with van der Waals surface area (Å²) in [6.07, 6.45) is 6.42. The summed E-state index contributed by atoms with van der Waals surface area (Å²) < 4.78 is 13.4. The number of aromatic hydroxyl groups is 1. The van der Waals surface area contributed by atoms with Crippen molar-refractivity contribution in [1.82, 2.24) is 5.32 Å². The van der Waals surface area contributed by atoms with E-state index in [0.29, 0.717) is 16.9 Å². The van der Waals surface area contributed by atoms with Gasteiger partial charge in [-0.3, -0.25) is 0 Å². The van der Waals surface area contributed by atoms with E-state index in [-0.39, 0.29) is 17.6 Å². The summed E-state index contributed by atoms with van der Waals surface area (Å²) in [4.78, 5) is 0. The Kier molecular flexibility index (Phi) is 5.26. The van der Waals surface area contributed by atoms with Crippen LogP contribution in [0, 0.1) is 17.2 Å². The summed E-state index contributed by atoms with van der Waals surface area (Å²) in [6.45, 7) is 7.50. The largest absolute Gasteiger partial charge is 0.508 e. The molecule has 0 amide bonds. The first-order valence-corrected chi connectivity index (χ1v) is 8.14. The summed E-state index contributed by atoms with van der Waals surface area (Å²) in [5.41, 5.74) is 1.03. The van der Waals surface area contributed by atoms with Gasteiger partial charge in [-0.2, -0.15) is 0 Å². The number of phenolic OH excluding ortho intramolecular Hbond substituents is 1. The van der Waals surface area contributed by atoms with Crippen LogP contribution in [0.15, 0.2) is 18.2 Å². The molecule has 0 saturated heterocycles. The van der Waals surface area contributed by atoms with E-state index in [1.165, 1.54) is 50.3 Å². The van der Waals surface area contributed by atoms with Crippen molar-refractivity contribution in [2.24, 2.45) is 11.3 Å². The van der Waals surface area contributed by atoms with Gasteiger partial charge in [0.05, 0.1) is 0 Å². The molecule has 2 N–H and O–H groups in total. The first kappa shape index (κ1) is 16.3. The van der Waals surface area contributed by atoms with Crippen LogP contribution in [0.5, 0.6) is 5.75 Å². The van der Waals surface area contributed by atoms with E-state index in [1.807, 2.05) is 6.92 Å². The highest BCUT2D eigenvalue weighted by molar-refractivity contribution is 5.34. The SMILES string of the molecule is CC(C)CC1(CNC(C)c2cc(F)ccc2O)CCCC1. The van der Waals surface area contributed by atoms with E-state index in [1.54, 1.807) is 0 Å². The minimum atomic E-state index is -0.297. The lowest BCUT2D eigenvalue weighted by atomic mass is 9.78. The predicted molar refractivity (Wildman–Crippen MR) is 84.8 cm³/mol. The third kappa shape index (κ3) is 4.19. The Hall–Kier alpha value is -1.09. The molecule has 1 fully saturated rings. The van der Waals surface area contributed by atoms with Crippen molar-refractivity contribution in [2.45, 2.75) is 58.9 Å². The number of benzene rings is 1. The third-order valence-electron chi connectivity index (χ3n) is 4.74. The fraction of sp³-hybridized carbons (Fsp3) is 0.667. The zero-order valence-corrected chi connectivity index (χ0v) is 13.5. The third-order valence-corrected chi connectivity index (χ3v) is 4.74. The van der Waals surface area contributed by atoms with Gasteiger partial charge >= 0.3 is 0 Å². The predicted octanol–water partition coefficient (Wildman–Crippen LogP) is 4.79. The standard InChI is InChI=1S/C18H28FNO/c1-13(2)11-18(8-4-5-9-18)12-20-14(3)16-10-15(19)6-7-17(16)21/h6-7,10,13-14,20-21H,4-5,8-9,11-12H2,1-3H3. The van der Waals surface area contributed by atoms with E-state index in [0.717, 1.165) is 6.54 Å². The first-order valence-electron chi connectivity index (χ1n) is 8.14. The van der Waals surface area contributed by atoms with Crippen molar-refractivity contribution in [3.8, 4) is 5.75 Å². The zero-order chi connectivity index (χ0) is 15.5. The molecule has 0 aliphatic heterocycles. The van der Waals surface area contributed by atoms with E-state index in [2.05, 4.69) is 19.2 Å². The van der Waals surface area contributed by atoms with Gasteiger partial charge in [-0.15, -0.1) is 0 Å². The lowest BCUT2D eigenvalue weighted by Crippen LogP contribution is -2.34. The second-order valence-corrected chi connectivity index (χ2v) is 7.11. The molecule has 1 aromatic rings. The number of phenols is 1. The molecule has 0 spiro atoms. The van der Waals surface area contributed by atoms with Gasteiger partial charge < -0.3 is 10.4 Å².